The average molecular weight is 282 g/mol. The zero-order chi connectivity index (χ0) is 11.7. The number of furan rings is 1. The maximum atomic E-state index is 5.50. The van der Waals surface area contributed by atoms with Crippen LogP contribution in [0.25, 0.3) is 11.6 Å². The van der Waals surface area contributed by atoms with E-state index in [1.54, 1.807) is 0 Å². The van der Waals surface area contributed by atoms with Gasteiger partial charge in [0.2, 0.25) is 0 Å². The van der Waals surface area contributed by atoms with Crippen molar-refractivity contribution in [2.45, 2.75) is 13.8 Å². The van der Waals surface area contributed by atoms with E-state index in [4.69, 9.17) is 4.42 Å². The minimum atomic E-state index is 0.596. The van der Waals surface area contributed by atoms with Crippen molar-refractivity contribution in [2.24, 2.45) is 0 Å². The van der Waals surface area contributed by atoms with Crippen LogP contribution in [0.4, 0.5) is 5.82 Å². The first-order valence-electron chi connectivity index (χ1n) is 4.90. The molecule has 0 fully saturated rings. The largest absolute Gasteiger partial charge is 0.458 e. The molecule has 0 atom stereocenters. The number of halogens is 1. The predicted molar refractivity (Wildman–Crippen MR) is 66.5 cm³/mol. The summed E-state index contributed by atoms with van der Waals surface area (Å²) in [5, 5.41) is 3.01. The summed E-state index contributed by atoms with van der Waals surface area (Å²) in [4.78, 5) is 8.75. The SMILES string of the molecule is CNc1nc(-c2ccc(C)o2)nc(C)c1Br. The molecule has 0 spiro atoms. The Bertz CT molecular complexity index is 522. The summed E-state index contributed by atoms with van der Waals surface area (Å²) in [6, 6.07) is 3.77. The Morgan fingerprint density at radius 2 is 2.00 bits per heavy atom. The van der Waals surface area contributed by atoms with Crippen molar-refractivity contribution in [3.63, 3.8) is 0 Å². The van der Waals surface area contributed by atoms with Crippen LogP contribution in [0.5, 0.6) is 0 Å². The number of rotatable bonds is 2. The van der Waals surface area contributed by atoms with Gasteiger partial charge in [-0.15, -0.1) is 0 Å². The first kappa shape index (κ1) is 11.1. The number of nitrogens with one attached hydrogen (secondary N) is 1. The monoisotopic (exact) mass is 281 g/mol. The van der Waals surface area contributed by atoms with Crippen LogP contribution in [-0.4, -0.2) is 17.0 Å². The lowest BCUT2D eigenvalue weighted by Crippen LogP contribution is -2.00. The van der Waals surface area contributed by atoms with E-state index in [0.717, 1.165) is 21.7 Å². The van der Waals surface area contributed by atoms with Crippen molar-refractivity contribution in [1.29, 1.82) is 0 Å². The molecule has 0 saturated carbocycles. The van der Waals surface area contributed by atoms with Crippen LogP contribution < -0.4 is 5.32 Å². The second-order valence-electron chi connectivity index (χ2n) is 3.46. The molecule has 0 aliphatic heterocycles. The molecule has 1 N–H and O–H groups in total. The van der Waals surface area contributed by atoms with E-state index in [9.17, 15) is 0 Å². The molecule has 0 aliphatic rings. The maximum absolute atomic E-state index is 5.50. The van der Waals surface area contributed by atoms with E-state index < -0.39 is 0 Å². The molecule has 0 radical (unpaired) electrons. The molecule has 0 aliphatic carbocycles. The lowest BCUT2D eigenvalue weighted by atomic mass is 10.3. The molecular weight excluding hydrogens is 270 g/mol. The van der Waals surface area contributed by atoms with Crippen LogP contribution in [0, 0.1) is 13.8 Å². The second kappa shape index (κ2) is 4.25. The van der Waals surface area contributed by atoms with Gasteiger partial charge in [-0.25, -0.2) is 9.97 Å². The van der Waals surface area contributed by atoms with E-state index in [-0.39, 0.29) is 0 Å². The number of aromatic nitrogens is 2. The lowest BCUT2D eigenvalue weighted by Gasteiger charge is -2.06. The summed E-state index contributed by atoms with van der Waals surface area (Å²) in [6.07, 6.45) is 0. The number of anilines is 1. The van der Waals surface area contributed by atoms with Crippen LogP contribution in [0.3, 0.4) is 0 Å². The molecule has 2 aromatic heterocycles. The highest BCUT2D eigenvalue weighted by molar-refractivity contribution is 9.10. The Morgan fingerprint density at radius 1 is 1.25 bits per heavy atom. The van der Waals surface area contributed by atoms with Gasteiger partial charge in [0.1, 0.15) is 11.6 Å². The number of aryl methyl sites for hydroxylation is 2. The number of nitrogens with zero attached hydrogens (tertiary/aromatic N) is 2. The van der Waals surface area contributed by atoms with Crippen molar-refractivity contribution in [3.8, 4) is 11.6 Å². The van der Waals surface area contributed by atoms with E-state index in [1.807, 2.05) is 33.0 Å². The molecular formula is C11H12BrN3O. The lowest BCUT2D eigenvalue weighted by molar-refractivity contribution is 0.544. The molecule has 0 aromatic carbocycles. The van der Waals surface area contributed by atoms with E-state index in [2.05, 4.69) is 31.2 Å². The first-order chi connectivity index (χ1) is 7.61. The Morgan fingerprint density at radius 3 is 2.56 bits per heavy atom. The fourth-order valence-corrected chi connectivity index (χ4v) is 1.77. The van der Waals surface area contributed by atoms with Crippen molar-refractivity contribution >= 4 is 21.7 Å². The van der Waals surface area contributed by atoms with Gasteiger partial charge < -0.3 is 9.73 Å². The highest BCUT2D eigenvalue weighted by Crippen LogP contribution is 2.27. The molecule has 2 rings (SSSR count). The molecule has 0 bridgehead atoms. The van der Waals surface area contributed by atoms with Gasteiger partial charge in [-0.3, -0.25) is 0 Å². The van der Waals surface area contributed by atoms with Gasteiger partial charge in [-0.2, -0.15) is 0 Å². The summed E-state index contributed by atoms with van der Waals surface area (Å²) in [7, 11) is 1.82. The smallest absolute Gasteiger partial charge is 0.197 e. The van der Waals surface area contributed by atoms with Gasteiger partial charge in [0.15, 0.2) is 11.6 Å². The highest BCUT2D eigenvalue weighted by atomic mass is 79.9. The number of hydrogen-bond acceptors (Lipinski definition) is 4. The molecule has 4 nitrogen and oxygen atoms in total. The van der Waals surface area contributed by atoms with E-state index in [0.29, 0.717) is 11.6 Å². The second-order valence-corrected chi connectivity index (χ2v) is 4.25. The van der Waals surface area contributed by atoms with Gasteiger partial charge >= 0.3 is 0 Å². The Labute approximate surface area is 102 Å². The van der Waals surface area contributed by atoms with Crippen LogP contribution in [-0.2, 0) is 0 Å². The predicted octanol–water partition coefficient (Wildman–Crippen LogP) is 3.16. The summed E-state index contributed by atoms with van der Waals surface area (Å²) < 4.78 is 6.37. The Kier molecular flexibility index (Phi) is 2.96. The quantitative estimate of drug-likeness (QED) is 0.919. The van der Waals surface area contributed by atoms with Gasteiger partial charge in [-0.05, 0) is 41.9 Å². The summed E-state index contributed by atoms with van der Waals surface area (Å²) >= 11 is 3.43. The van der Waals surface area contributed by atoms with Gasteiger partial charge in [-0.1, -0.05) is 0 Å². The molecule has 0 unspecified atom stereocenters. The van der Waals surface area contributed by atoms with E-state index >= 15 is 0 Å². The van der Waals surface area contributed by atoms with Crippen molar-refractivity contribution < 1.29 is 4.42 Å². The third-order valence-electron chi connectivity index (χ3n) is 2.21. The Hall–Kier alpha value is -1.36. The highest BCUT2D eigenvalue weighted by Gasteiger charge is 2.11. The van der Waals surface area contributed by atoms with Crippen LogP contribution in [0.1, 0.15) is 11.5 Å². The molecule has 16 heavy (non-hydrogen) atoms. The number of hydrogen-bond donors (Lipinski definition) is 1. The van der Waals surface area contributed by atoms with Gasteiger partial charge in [0, 0.05) is 7.05 Å². The fourth-order valence-electron chi connectivity index (χ4n) is 1.39. The third-order valence-corrected chi connectivity index (χ3v) is 3.16. The topological polar surface area (TPSA) is 51.0 Å². The minimum Gasteiger partial charge on any atom is -0.458 e. The molecule has 0 saturated heterocycles. The zero-order valence-electron chi connectivity index (χ0n) is 9.34. The summed E-state index contributed by atoms with van der Waals surface area (Å²) in [5.41, 5.74) is 0.878. The van der Waals surface area contributed by atoms with Crippen molar-refractivity contribution in [1.82, 2.24) is 9.97 Å². The van der Waals surface area contributed by atoms with Crippen LogP contribution in [0.2, 0.25) is 0 Å². The third kappa shape index (κ3) is 1.95. The standard InChI is InChI=1S/C11H12BrN3O/c1-6-4-5-8(16-6)10-14-7(2)9(12)11(13-3)15-10/h4-5H,1-3H3,(H,13,14,15). The van der Waals surface area contributed by atoms with Crippen LogP contribution in [0.15, 0.2) is 21.0 Å². The molecule has 84 valence electrons. The summed E-state index contributed by atoms with van der Waals surface area (Å²) in [6.45, 7) is 3.82. The Balaban J connectivity index is 2.54. The molecule has 5 heteroatoms. The fraction of sp³-hybridized carbons (Fsp3) is 0.273. The first-order valence-corrected chi connectivity index (χ1v) is 5.70. The average Bonchev–Trinajstić information content (AvgIpc) is 2.69. The minimum absolute atomic E-state index is 0.596. The van der Waals surface area contributed by atoms with Crippen molar-refractivity contribution in [3.05, 3.63) is 28.1 Å². The van der Waals surface area contributed by atoms with E-state index in [1.165, 1.54) is 0 Å². The van der Waals surface area contributed by atoms with Crippen molar-refractivity contribution in [2.75, 3.05) is 12.4 Å². The summed E-state index contributed by atoms with van der Waals surface area (Å²) in [5.74, 6) is 2.89. The molecule has 2 aromatic rings. The molecule has 2 heterocycles. The normalized spacial score (nSPS) is 10.5. The maximum Gasteiger partial charge on any atom is 0.197 e. The molecule has 0 amide bonds. The van der Waals surface area contributed by atoms with Gasteiger partial charge in [0.05, 0.1) is 10.2 Å². The van der Waals surface area contributed by atoms with Gasteiger partial charge in [0.25, 0.3) is 0 Å². The zero-order valence-corrected chi connectivity index (χ0v) is 10.9. The van der Waals surface area contributed by atoms with Crippen LogP contribution >= 0.6 is 15.9 Å².